The molecule has 0 saturated carbocycles. The number of nitrogens with one attached hydrogen (secondary N) is 1. The van der Waals surface area contributed by atoms with Gasteiger partial charge in [0.2, 0.25) is 5.62 Å². The summed E-state index contributed by atoms with van der Waals surface area (Å²) in [6.45, 7) is 2.97. The van der Waals surface area contributed by atoms with Crippen molar-refractivity contribution in [1.82, 2.24) is 9.13 Å². The highest BCUT2D eigenvalue weighted by Gasteiger charge is 2.15. The molecule has 0 fully saturated rings. The van der Waals surface area contributed by atoms with Gasteiger partial charge in [-0.25, -0.2) is 0 Å². The van der Waals surface area contributed by atoms with E-state index in [0.29, 0.717) is 11.2 Å². The molecule has 0 aliphatic carbocycles. The molecule has 152 valence electrons. The molecule has 3 aromatic rings. The molecule has 0 unspecified atom stereocenters. The van der Waals surface area contributed by atoms with Gasteiger partial charge in [-0.05, 0) is 30.7 Å². The van der Waals surface area contributed by atoms with E-state index >= 15 is 0 Å². The third-order valence-corrected chi connectivity index (χ3v) is 5.16. The molecule has 0 bridgehead atoms. The lowest BCUT2D eigenvalue weighted by Gasteiger charge is -2.05. The predicted octanol–water partition coefficient (Wildman–Crippen LogP) is 4.68. The monoisotopic (exact) mass is 394 g/mol. The third-order valence-electron chi connectivity index (χ3n) is 5.16. The van der Waals surface area contributed by atoms with E-state index in [1.165, 1.54) is 43.5 Å². The van der Waals surface area contributed by atoms with Gasteiger partial charge in [0.1, 0.15) is 0 Å². The first kappa shape index (κ1) is 20.5. The fourth-order valence-electron chi connectivity index (χ4n) is 3.56. The van der Waals surface area contributed by atoms with Crippen LogP contribution in [-0.2, 0) is 13.1 Å². The maximum atomic E-state index is 12.7. The maximum Gasteiger partial charge on any atom is 0.269 e. The van der Waals surface area contributed by atoms with Gasteiger partial charge >= 0.3 is 0 Å². The Kier molecular flexibility index (Phi) is 6.59. The fourth-order valence-corrected chi connectivity index (χ4v) is 3.56. The lowest BCUT2D eigenvalue weighted by atomic mass is 10.1. The fraction of sp³-hybridized carbons (Fsp3) is 0.364. The van der Waals surface area contributed by atoms with Crippen LogP contribution < -0.4 is 5.62 Å². The summed E-state index contributed by atoms with van der Waals surface area (Å²) in [7, 11) is 0. The second-order valence-electron chi connectivity index (χ2n) is 7.19. The van der Waals surface area contributed by atoms with Crippen molar-refractivity contribution in [3.63, 3.8) is 0 Å². The van der Waals surface area contributed by atoms with Crippen molar-refractivity contribution in [3.05, 3.63) is 69.8 Å². The standard InChI is InChI=1S/C22H26N4O3/c1-2-3-4-5-8-15-24-19-9-6-7-10-20(19)25(22(24)23)16-21(27)17-11-13-18(14-12-17)26(28)29/h6-7,9-14,23H,2-5,8,15-16H2,1H3. The number of unbranched alkanes of at least 4 members (excludes halogenated alkanes) is 4. The number of para-hydroxylation sites is 2. The van der Waals surface area contributed by atoms with Crippen LogP contribution in [0.15, 0.2) is 48.5 Å². The number of carbonyl (C=O) groups is 1. The van der Waals surface area contributed by atoms with Gasteiger partial charge in [0.15, 0.2) is 5.78 Å². The van der Waals surface area contributed by atoms with Gasteiger partial charge in [-0.2, -0.15) is 0 Å². The molecule has 0 amide bonds. The Labute approximate surface area is 169 Å². The number of nitro benzene ring substituents is 1. The van der Waals surface area contributed by atoms with Crippen LogP contribution >= 0.6 is 0 Å². The van der Waals surface area contributed by atoms with E-state index in [1.54, 1.807) is 4.57 Å². The van der Waals surface area contributed by atoms with Crippen LogP contribution in [0.4, 0.5) is 5.69 Å². The Morgan fingerprint density at radius 1 is 0.966 bits per heavy atom. The number of nitro groups is 1. The van der Waals surface area contributed by atoms with Crippen molar-refractivity contribution < 1.29 is 9.72 Å². The topological polar surface area (TPSA) is 93.9 Å². The zero-order valence-electron chi connectivity index (χ0n) is 16.6. The zero-order valence-corrected chi connectivity index (χ0v) is 16.6. The Bertz CT molecular complexity index is 1060. The molecule has 2 aromatic carbocycles. The molecule has 7 heteroatoms. The van der Waals surface area contributed by atoms with Crippen LogP contribution in [-0.4, -0.2) is 19.8 Å². The van der Waals surface area contributed by atoms with E-state index in [4.69, 9.17) is 5.41 Å². The van der Waals surface area contributed by atoms with Crippen molar-refractivity contribution in [2.24, 2.45) is 0 Å². The number of aryl methyl sites for hydroxylation is 1. The molecular weight excluding hydrogens is 368 g/mol. The van der Waals surface area contributed by atoms with Crippen molar-refractivity contribution in [1.29, 1.82) is 5.41 Å². The van der Waals surface area contributed by atoms with Gasteiger partial charge in [-0.1, -0.05) is 44.7 Å². The number of hydrogen-bond donors (Lipinski definition) is 1. The van der Waals surface area contributed by atoms with E-state index < -0.39 is 4.92 Å². The molecule has 0 radical (unpaired) electrons. The molecule has 1 N–H and O–H groups in total. The second-order valence-corrected chi connectivity index (χ2v) is 7.19. The lowest BCUT2D eigenvalue weighted by Crippen LogP contribution is -2.27. The van der Waals surface area contributed by atoms with Gasteiger partial charge in [0, 0.05) is 24.2 Å². The molecule has 0 saturated heterocycles. The number of aromatic nitrogens is 2. The summed E-state index contributed by atoms with van der Waals surface area (Å²) in [4.78, 5) is 23.1. The van der Waals surface area contributed by atoms with Crippen LogP contribution in [0.2, 0.25) is 0 Å². The summed E-state index contributed by atoms with van der Waals surface area (Å²) in [6, 6.07) is 13.3. The average Bonchev–Trinajstić information content (AvgIpc) is 2.99. The highest BCUT2D eigenvalue weighted by atomic mass is 16.6. The quantitative estimate of drug-likeness (QED) is 0.234. The molecule has 0 aliphatic rings. The van der Waals surface area contributed by atoms with Crippen LogP contribution in [0.3, 0.4) is 0 Å². The first-order valence-electron chi connectivity index (χ1n) is 10.0. The maximum absolute atomic E-state index is 12.7. The lowest BCUT2D eigenvalue weighted by molar-refractivity contribution is -0.384. The molecule has 0 spiro atoms. The highest BCUT2D eigenvalue weighted by molar-refractivity contribution is 5.96. The number of ketones is 1. The van der Waals surface area contributed by atoms with Crippen LogP contribution in [0, 0.1) is 15.5 Å². The molecule has 3 rings (SSSR count). The van der Waals surface area contributed by atoms with E-state index in [0.717, 1.165) is 30.4 Å². The minimum atomic E-state index is -0.487. The smallest absolute Gasteiger partial charge is 0.269 e. The van der Waals surface area contributed by atoms with Crippen molar-refractivity contribution in [2.75, 3.05) is 0 Å². The summed E-state index contributed by atoms with van der Waals surface area (Å²) in [6.07, 6.45) is 5.74. The molecular formula is C22H26N4O3. The summed E-state index contributed by atoms with van der Waals surface area (Å²) in [5, 5.41) is 19.4. The van der Waals surface area contributed by atoms with E-state index in [1.807, 2.05) is 28.8 Å². The number of non-ortho nitro benzene ring substituents is 1. The van der Waals surface area contributed by atoms with Gasteiger partial charge in [-0.15, -0.1) is 0 Å². The second kappa shape index (κ2) is 9.32. The van der Waals surface area contributed by atoms with E-state index in [2.05, 4.69) is 6.92 Å². The number of Topliss-reactive ketones (excluding diaryl/α,β-unsaturated/α-hetero) is 1. The number of fused-ring (bicyclic) bond motifs is 1. The summed E-state index contributed by atoms with van der Waals surface area (Å²) in [5.74, 6) is -0.177. The highest BCUT2D eigenvalue weighted by Crippen LogP contribution is 2.16. The van der Waals surface area contributed by atoms with Crippen molar-refractivity contribution in [2.45, 2.75) is 52.1 Å². The normalized spacial score (nSPS) is 11.1. The first-order valence-corrected chi connectivity index (χ1v) is 10.0. The zero-order chi connectivity index (χ0) is 20.8. The van der Waals surface area contributed by atoms with Crippen LogP contribution in [0.5, 0.6) is 0 Å². The molecule has 29 heavy (non-hydrogen) atoms. The SMILES string of the molecule is CCCCCCCn1c(=N)n(CC(=O)c2ccc([N+](=O)[O-])cc2)c2ccccc21. The number of imidazole rings is 1. The van der Waals surface area contributed by atoms with Gasteiger partial charge in [-0.3, -0.25) is 20.3 Å². The average molecular weight is 394 g/mol. The summed E-state index contributed by atoms with van der Waals surface area (Å²) >= 11 is 0. The Morgan fingerprint density at radius 2 is 1.59 bits per heavy atom. The first-order chi connectivity index (χ1) is 14.0. The number of rotatable bonds is 10. The van der Waals surface area contributed by atoms with Crippen molar-refractivity contribution >= 4 is 22.5 Å². The summed E-state index contributed by atoms with van der Waals surface area (Å²) in [5.41, 5.74) is 2.46. The molecule has 0 atom stereocenters. The van der Waals surface area contributed by atoms with Gasteiger partial charge in [0.25, 0.3) is 5.69 Å². The predicted molar refractivity (Wildman–Crippen MR) is 112 cm³/mol. The Balaban J connectivity index is 1.83. The van der Waals surface area contributed by atoms with E-state index in [9.17, 15) is 14.9 Å². The van der Waals surface area contributed by atoms with Crippen molar-refractivity contribution in [3.8, 4) is 0 Å². The molecule has 1 heterocycles. The van der Waals surface area contributed by atoms with Crippen LogP contribution in [0.1, 0.15) is 49.4 Å². The molecule has 0 aliphatic heterocycles. The van der Waals surface area contributed by atoms with E-state index in [-0.39, 0.29) is 18.0 Å². The Hall–Kier alpha value is -3.22. The minimum Gasteiger partial charge on any atom is -0.310 e. The number of hydrogen-bond acceptors (Lipinski definition) is 4. The molecule has 7 nitrogen and oxygen atoms in total. The molecule has 1 aromatic heterocycles. The Morgan fingerprint density at radius 3 is 2.21 bits per heavy atom. The largest absolute Gasteiger partial charge is 0.310 e. The van der Waals surface area contributed by atoms with Gasteiger partial charge < -0.3 is 9.13 Å². The van der Waals surface area contributed by atoms with Gasteiger partial charge in [0.05, 0.1) is 22.5 Å². The minimum absolute atomic E-state index is 0.0278. The number of carbonyl (C=O) groups excluding carboxylic acids is 1. The number of benzene rings is 2. The number of nitrogens with zero attached hydrogens (tertiary/aromatic N) is 3. The van der Waals surface area contributed by atoms with Crippen LogP contribution in [0.25, 0.3) is 11.0 Å². The third kappa shape index (κ3) is 4.62. The summed E-state index contributed by atoms with van der Waals surface area (Å²) < 4.78 is 3.68.